The molecule has 2 aromatic carbocycles. The van der Waals surface area contributed by atoms with E-state index in [1.165, 1.54) is 12.1 Å². The molecule has 0 bridgehead atoms. The molecule has 2 atom stereocenters. The maximum absolute atomic E-state index is 10.9. The van der Waals surface area contributed by atoms with Crippen molar-refractivity contribution in [1.29, 1.82) is 0 Å². The highest BCUT2D eigenvalue weighted by atomic mass is 16.6. The van der Waals surface area contributed by atoms with Crippen molar-refractivity contribution in [3.05, 3.63) is 69.8 Å². The number of benzene rings is 2. The normalized spacial score (nSPS) is 13.3. The minimum atomic E-state index is -0.415. The fourth-order valence-electron chi connectivity index (χ4n) is 2.42. The van der Waals surface area contributed by atoms with Crippen LogP contribution in [0.1, 0.15) is 30.1 Å². The second-order valence-corrected chi connectivity index (χ2v) is 5.25. The summed E-state index contributed by atoms with van der Waals surface area (Å²) in [4.78, 5) is 10.5. The number of aliphatic hydroxyl groups excluding tert-OH is 1. The highest BCUT2D eigenvalue weighted by Crippen LogP contribution is 2.24. The Labute approximate surface area is 134 Å². The molecular weight excluding hydrogens is 296 g/mol. The van der Waals surface area contributed by atoms with Crippen LogP contribution in [0.5, 0.6) is 5.75 Å². The molecule has 2 aromatic rings. The van der Waals surface area contributed by atoms with E-state index in [4.69, 9.17) is 4.74 Å². The van der Waals surface area contributed by atoms with E-state index in [2.05, 4.69) is 5.32 Å². The summed E-state index contributed by atoms with van der Waals surface area (Å²) in [5.74, 6) is 0.714. The van der Waals surface area contributed by atoms with E-state index in [9.17, 15) is 15.2 Å². The number of aliphatic hydroxyl groups is 1. The average Bonchev–Trinajstić information content (AvgIpc) is 2.59. The van der Waals surface area contributed by atoms with Crippen molar-refractivity contribution in [1.82, 2.24) is 5.32 Å². The Morgan fingerprint density at radius 1 is 1.22 bits per heavy atom. The van der Waals surface area contributed by atoms with Crippen LogP contribution < -0.4 is 10.1 Å². The van der Waals surface area contributed by atoms with Gasteiger partial charge in [0.05, 0.1) is 24.7 Å². The zero-order valence-electron chi connectivity index (χ0n) is 13.1. The highest BCUT2D eigenvalue weighted by Gasteiger charge is 2.17. The first kappa shape index (κ1) is 16.9. The highest BCUT2D eigenvalue weighted by molar-refractivity contribution is 5.36. The van der Waals surface area contributed by atoms with Crippen molar-refractivity contribution >= 4 is 5.69 Å². The number of nitro groups is 1. The number of rotatable bonds is 7. The second-order valence-electron chi connectivity index (χ2n) is 5.25. The van der Waals surface area contributed by atoms with Crippen LogP contribution in [0.4, 0.5) is 5.69 Å². The smallest absolute Gasteiger partial charge is 0.269 e. The standard InChI is InChI=1S/C17H20N2O4/c1-12(13-5-3-7-15(9-13)19(21)22)18-17(11-20)14-6-4-8-16(10-14)23-2/h3-10,12,17-18,20H,11H2,1-2H3. The average molecular weight is 316 g/mol. The molecule has 0 aliphatic carbocycles. The number of methoxy groups -OCH3 is 1. The molecule has 0 saturated heterocycles. The molecule has 2 rings (SSSR count). The van der Waals surface area contributed by atoms with Crippen LogP contribution in [0.3, 0.4) is 0 Å². The van der Waals surface area contributed by atoms with E-state index in [1.54, 1.807) is 13.2 Å². The molecule has 6 nitrogen and oxygen atoms in total. The number of nitrogens with one attached hydrogen (secondary N) is 1. The molecule has 0 aliphatic rings. The summed E-state index contributed by atoms with van der Waals surface area (Å²) in [7, 11) is 1.59. The predicted molar refractivity (Wildman–Crippen MR) is 87.5 cm³/mol. The Kier molecular flexibility index (Phi) is 5.67. The molecule has 0 aromatic heterocycles. The van der Waals surface area contributed by atoms with Crippen LogP contribution in [0, 0.1) is 10.1 Å². The van der Waals surface area contributed by atoms with Crippen LogP contribution in [0.15, 0.2) is 48.5 Å². The van der Waals surface area contributed by atoms with E-state index in [0.29, 0.717) is 5.75 Å². The number of ether oxygens (including phenoxy) is 1. The van der Waals surface area contributed by atoms with Gasteiger partial charge < -0.3 is 15.2 Å². The van der Waals surface area contributed by atoms with Gasteiger partial charge in [-0.3, -0.25) is 10.1 Å². The van der Waals surface area contributed by atoms with Crippen molar-refractivity contribution in [2.75, 3.05) is 13.7 Å². The van der Waals surface area contributed by atoms with Crippen molar-refractivity contribution in [3.63, 3.8) is 0 Å². The molecule has 6 heteroatoms. The lowest BCUT2D eigenvalue weighted by Gasteiger charge is -2.22. The third kappa shape index (κ3) is 4.28. The summed E-state index contributed by atoms with van der Waals surface area (Å²) in [6, 6.07) is 13.5. The first-order valence-corrected chi connectivity index (χ1v) is 7.30. The second kappa shape index (κ2) is 7.71. The fraction of sp³-hybridized carbons (Fsp3) is 0.294. The van der Waals surface area contributed by atoms with E-state index in [0.717, 1.165) is 11.1 Å². The Bertz CT molecular complexity index is 675. The summed E-state index contributed by atoms with van der Waals surface area (Å²) in [5, 5.41) is 23.8. The zero-order valence-corrected chi connectivity index (χ0v) is 13.1. The number of hydrogen-bond acceptors (Lipinski definition) is 5. The van der Waals surface area contributed by atoms with E-state index in [1.807, 2.05) is 37.3 Å². The van der Waals surface area contributed by atoms with Crippen molar-refractivity contribution < 1.29 is 14.8 Å². The lowest BCUT2D eigenvalue weighted by atomic mass is 10.0. The van der Waals surface area contributed by atoms with Gasteiger partial charge in [0.15, 0.2) is 0 Å². The third-order valence-corrected chi connectivity index (χ3v) is 3.71. The molecule has 23 heavy (non-hydrogen) atoms. The lowest BCUT2D eigenvalue weighted by molar-refractivity contribution is -0.384. The third-order valence-electron chi connectivity index (χ3n) is 3.71. The minimum Gasteiger partial charge on any atom is -0.497 e. The van der Waals surface area contributed by atoms with Crippen LogP contribution in [0.2, 0.25) is 0 Å². The topological polar surface area (TPSA) is 84.6 Å². The van der Waals surface area contributed by atoms with Crippen LogP contribution in [0.25, 0.3) is 0 Å². The number of nitrogens with zero attached hydrogens (tertiary/aromatic N) is 1. The summed E-state index contributed by atoms with van der Waals surface area (Å²) >= 11 is 0. The minimum absolute atomic E-state index is 0.0538. The molecule has 0 fully saturated rings. The molecule has 0 radical (unpaired) electrons. The lowest BCUT2D eigenvalue weighted by Crippen LogP contribution is -2.27. The molecule has 122 valence electrons. The Hall–Kier alpha value is -2.44. The monoisotopic (exact) mass is 316 g/mol. The first-order valence-electron chi connectivity index (χ1n) is 7.30. The van der Waals surface area contributed by atoms with E-state index < -0.39 is 4.92 Å². The van der Waals surface area contributed by atoms with Gasteiger partial charge in [-0.15, -0.1) is 0 Å². The van der Waals surface area contributed by atoms with Gasteiger partial charge in [-0.1, -0.05) is 24.3 Å². The van der Waals surface area contributed by atoms with Gasteiger partial charge in [0, 0.05) is 18.2 Å². The van der Waals surface area contributed by atoms with E-state index in [-0.39, 0.29) is 24.4 Å². The molecular formula is C17H20N2O4. The van der Waals surface area contributed by atoms with Gasteiger partial charge in [-0.2, -0.15) is 0 Å². The van der Waals surface area contributed by atoms with Gasteiger partial charge in [0.2, 0.25) is 0 Å². The predicted octanol–water partition coefficient (Wildman–Crippen LogP) is 2.99. The Morgan fingerprint density at radius 3 is 2.57 bits per heavy atom. The van der Waals surface area contributed by atoms with Crippen molar-refractivity contribution in [3.8, 4) is 5.75 Å². The van der Waals surface area contributed by atoms with Gasteiger partial charge in [-0.05, 0) is 30.2 Å². The van der Waals surface area contributed by atoms with Gasteiger partial charge in [0.25, 0.3) is 5.69 Å². The quantitative estimate of drug-likeness (QED) is 0.606. The van der Waals surface area contributed by atoms with Crippen molar-refractivity contribution in [2.45, 2.75) is 19.0 Å². The number of hydrogen-bond donors (Lipinski definition) is 2. The SMILES string of the molecule is COc1cccc(C(CO)NC(C)c2cccc([N+](=O)[O-])c2)c1. The van der Waals surface area contributed by atoms with Crippen LogP contribution >= 0.6 is 0 Å². The maximum atomic E-state index is 10.9. The number of nitro benzene ring substituents is 1. The summed E-state index contributed by atoms with van der Waals surface area (Å²) in [6.07, 6.45) is 0. The maximum Gasteiger partial charge on any atom is 0.269 e. The Balaban J connectivity index is 2.17. The molecule has 0 spiro atoms. The van der Waals surface area contributed by atoms with Crippen molar-refractivity contribution in [2.24, 2.45) is 0 Å². The van der Waals surface area contributed by atoms with Gasteiger partial charge in [-0.25, -0.2) is 0 Å². The molecule has 2 unspecified atom stereocenters. The first-order chi connectivity index (χ1) is 11.0. The van der Waals surface area contributed by atoms with Gasteiger partial charge in [0.1, 0.15) is 5.75 Å². The zero-order chi connectivity index (χ0) is 16.8. The summed E-state index contributed by atoms with van der Waals surface area (Å²) in [5.41, 5.74) is 1.74. The molecule has 0 amide bonds. The molecule has 0 saturated carbocycles. The van der Waals surface area contributed by atoms with Crippen LogP contribution in [-0.4, -0.2) is 23.7 Å². The number of non-ortho nitro benzene ring substituents is 1. The summed E-state index contributed by atoms with van der Waals surface area (Å²) < 4.78 is 5.20. The fourth-order valence-corrected chi connectivity index (χ4v) is 2.42. The largest absolute Gasteiger partial charge is 0.497 e. The molecule has 0 heterocycles. The van der Waals surface area contributed by atoms with E-state index >= 15 is 0 Å². The summed E-state index contributed by atoms with van der Waals surface area (Å²) in [6.45, 7) is 1.81. The Morgan fingerprint density at radius 2 is 1.91 bits per heavy atom. The van der Waals surface area contributed by atoms with Gasteiger partial charge >= 0.3 is 0 Å². The van der Waals surface area contributed by atoms with Crippen LogP contribution in [-0.2, 0) is 0 Å². The molecule has 0 aliphatic heterocycles. The molecule has 2 N–H and O–H groups in total.